The Kier molecular flexibility index (Phi) is 4.75. The third-order valence-electron chi connectivity index (χ3n) is 10.1. The molecule has 33 heavy (non-hydrogen) atoms. The second-order valence-electron chi connectivity index (χ2n) is 12.4. The van der Waals surface area contributed by atoms with Gasteiger partial charge in [-0.2, -0.15) is 0 Å². The zero-order valence-electron chi connectivity index (χ0n) is 20.3. The van der Waals surface area contributed by atoms with Crippen LogP contribution >= 0.6 is 0 Å². The van der Waals surface area contributed by atoms with Gasteiger partial charge in [0.1, 0.15) is 0 Å². The molecule has 5 fully saturated rings. The van der Waals surface area contributed by atoms with Gasteiger partial charge in [0, 0.05) is 0 Å². The van der Waals surface area contributed by atoms with Crippen LogP contribution in [0.2, 0.25) is 0 Å². The van der Waals surface area contributed by atoms with Crippen molar-refractivity contribution in [2.45, 2.75) is 83.0 Å². The van der Waals surface area contributed by atoms with Gasteiger partial charge in [-0.15, -0.1) is 0 Å². The van der Waals surface area contributed by atoms with Gasteiger partial charge in [0.2, 0.25) is 0 Å². The van der Waals surface area contributed by atoms with E-state index in [0.29, 0.717) is 5.41 Å². The highest BCUT2D eigenvalue weighted by Gasteiger charge is 2.51. The summed E-state index contributed by atoms with van der Waals surface area (Å²) in [4.78, 5) is 0. The molecule has 0 saturated heterocycles. The minimum absolute atomic E-state index is 0.498. The normalized spacial score (nSPS) is 33.7. The summed E-state index contributed by atoms with van der Waals surface area (Å²) in [6.45, 7) is 2.27. The predicted molar refractivity (Wildman–Crippen MR) is 139 cm³/mol. The van der Waals surface area contributed by atoms with Gasteiger partial charge >= 0.3 is 0 Å². The number of benzene rings is 2. The van der Waals surface area contributed by atoms with Crippen LogP contribution in [0.5, 0.6) is 0 Å². The van der Waals surface area contributed by atoms with Gasteiger partial charge in [-0.1, -0.05) is 61.7 Å². The molecule has 0 heterocycles. The van der Waals surface area contributed by atoms with E-state index >= 15 is 0 Å². The van der Waals surface area contributed by atoms with Crippen molar-refractivity contribution in [1.82, 2.24) is 0 Å². The fourth-order valence-electron chi connectivity index (χ4n) is 8.86. The van der Waals surface area contributed by atoms with Crippen molar-refractivity contribution < 1.29 is 0 Å². The Balaban J connectivity index is 1.23. The highest BCUT2D eigenvalue weighted by molar-refractivity contribution is 5.78. The van der Waals surface area contributed by atoms with Crippen molar-refractivity contribution in [1.29, 1.82) is 0 Å². The van der Waals surface area contributed by atoms with Gasteiger partial charge in [-0.25, -0.2) is 0 Å². The molecule has 0 atom stereocenters. The molecule has 8 rings (SSSR count). The number of aryl methyl sites for hydroxylation is 1. The number of allylic oxidation sites excluding steroid dienone is 2. The first kappa shape index (κ1) is 20.3. The zero-order chi connectivity index (χ0) is 22.0. The van der Waals surface area contributed by atoms with Crippen LogP contribution in [0.25, 0.3) is 23.3 Å². The molecule has 6 aliphatic rings. The van der Waals surface area contributed by atoms with Crippen LogP contribution in [0.4, 0.5) is 0 Å². The lowest BCUT2D eigenvalue weighted by molar-refractivity contribution is -0.00518. The highest BCUT2D eigenvalue weighted by Crippen LogP contribution is 2.60. The van der Waals surface area contributed by atoms with E-state index in [1.807, 2.05) is 0 Å². The van der Waals surface area contributed by atoms with E-state index < -0.39 is 0 Å². The Morgan fingerprint density at radius 1 is 0.727 bits per heavy atom. The average molecular weight is 435 g/mol. The van der Waals surface area contributed by atoms with Crippen LogP contribution < -0.4 is 10.4 Å². The SMILES string of the molecule is Cc1ccc(-c2ccc(C34CC5CC(CC(C5)C3)C4)cc2)c2c1=CC(=CC1CCCCC1)C=2. The minimum atomic E-state index is 0.498. The summed E-state index contributed by atoms with van der Waals surface area (Å²) in [6, 6.07) is 14.6. The molecule has 6 aliphatic carbocycles. The third kappa shape index (κ3) is 3.48. The van der Waals surface area contributed by atoms with Crippen molar-refractivity contribution in [3.05, 3.63) is 69.6 Å². The van der Waals surface area contributed by atoms with Gasteiger partial charge in [-0.05, 0) is 138 Å². The largest absolute Gasteiger partial charge is 0.0741 e. The summed E-state index contributed by atoms with van der Waals surface area (Å²) in [5.74, 6) is 3.81. The molecule has 0 unspecified atom stereocenters. The van der Waals surface area contributed by atoms with Crippen LogP contribution in [0.1, 0.15) is 81.8 Å². The second kappa shape index (κ2) is 7.72. The minimum Gasteiger partial charge on any atom is -0.0741 e. The van der Waals surface area contributed by atoms with Crippen LogP contribution in [0.15, 0.2) is 48.0 Å². The van der Waals surface area contributed by atoms with Gasteiger partial charge in [-0.3, -0.25) is 0 Å². The topological polar surface area (TPSA) is 0 Å². The molecule has 0 nitrogen and oxygen atoms in total. The summed E-state index contributed by atoms with van der Waals surface area (Å²) in [5, 5.41) is 2.89. The number of hydrogen-bond acceptors (Lipinski definition) is 0. The summed E-state index contributed by atoms with van der Waals surface area (Å²) in [7, 11) is 0. The van der Waals surface area contributed by atoms with Gasteiger partial charge in [0.05, 0.1) is 0 Å². The van der Waals surface area contributed by atoms with E-state index in [1.165, 1.54) is 103 Å². The van der Waals surface area contributed by atoms with Crippen LogP contribution in [-0.2, 0) is 5.41 Å². The van der Waals surface area contributed by atoms with Crippen LogP contribution in [-0.4, -0.2) is 0 Å². The van der Waals surface area contributed by atoms with E-state index in [0.717, 1.165) is 23.7 Å². The Morgan fingerprint density at radius 2 is 1.36 bits per heavy atom. The van der Waals surface area contributed by atoms with Crippen molar-refractivity contribution in [3.8, 4) is 11.1 Å². The predicted octanol–water partition coefficient (Wildman–Crippen LogP) is 7.21. The molecule has 2 aromatic rings. The van der Waals surface area contributed by atoms with E-state index in [4.69, 9.17) is 0 Å². The van der Waals surface area contributed by atoms with Crippen molar-refractivity contribution >= 4 is 12.2 Å². The maximum atomic E-state index is 2.57. The molecule has 0 heteroatoms. The maximum Gasteiger partial charge on any atom is -0.00391 e. The standard InChI is InChI=1S/C33H38/c1-22-7-12-30(32-18-24(17-31(22)32)13-23-5-3-2-4-6-23)28-8-10-29(11-9-28)33-19-25-14-26(20-33)16-27(15-25)21-33/h7-13,17-18,23,25-27H,2-6,14-16,19-21H2,1H3. The third-order valence-corrected chi connectivity index (χ3v) is 10.1. The summed E-state index contributed by atoms with van der Waals surface area (Å²) >= 11 is 0. The van der Waals surface area contributed by atoms with Crippen molar-refractivity contribution in [3.63, 3.8) is 0 Å². The first-order valence-corrected chi connectivity index (χ1v) is 13.8. The number of hydrogen-bond donors (Lipinski definition) is 0. The monoisotopic (exact) mass is 434 g/mol. The number of rotatable bonds is 3. The fraction of sp³-hybridized carbons (Fsp3) is 0.515. The summed E-state index contributed by atoms with van der Waals surface area (Å²) in [5.41, 5.74) is 7.79. The summed E-state index contributed by atoms with van der Waals surface area (Å²) < 4.78 is 0. The molecule has 0 aromatic heterocycles. The molecule has 0 N–H and O–H groups in total. The molecule has 0 spiro atoms. The van der Waals surface area contributed by atoms with Crippen LogP contribution in [0.3, 0.4) is 0 Å². The Bertz CT molecular complexity index is 1180. The molecule has 5 saturated carbocycles. The Hall–Kier alpha value is -2.08. The second-order valence-corrected chi connectivity index (χ2v) is 12.4. The van der Waals surface area contributed by atoms with E-state index in [9.17, 15) is 0 Å². The molecule has 4 bridgehead atoms. The van der Waals surface area contributed by atoms with Crippen LogP contribution in [0, 0.1) is 30.6 Å². The number of fused-ring (bicyclic) bond motifs is 1. The first-order valence-electron chi connectivity index (χ1n) is 13.8. The molecule has 170 valence electrons. The van der Waals surface area contributed by atoms with Gasteiger partial charge in [0.15, 0.2) is 0 Å². The smallest absolute Gasteiger partial charge is 0.00391 e. The quantitative estimate of drug-likeness (QED) is 0.479. The van der Waals surface area contributed by atoms with Gasteiger partial charge in [0.25, 0.3) is 0 Å². The lowest BCUT2D eigenvalue weighted by Crippen LogP contribution is -2.48. The fourth-order valence-corrected chi connectivity index (χ4v) is 8.86. The molecular weight excluding hydrogens is 396 g/mol. The molecule has 0 amide bonds. The molecule has 0 aliphatic heterocycles. The van der Waals surface area contributed by atoms with Gasteiger partial charge < -0.3 is 0 Å². The lowest BCUT2D eigenvalue weighted by Gasteiger charge is -2.57. The highest BCUT2D eigenvalue weighted by atomic mass is 14.6. The molecular formula is C33H38. The van der Waals surface area contributed by atoms with E-state index in [1.54, 1.807) is 5.56 Å². The molecule has 0 radical (unpaired) electrons. The Labute approximate surface area is 199 Å². The van der Waals surface area contributed by atoms with E-state index in [-0.39, 0.29) is 0 Å². The van der Waals surface area contributed by atoms with E-state index in [2.05, 4.69) is 61.5 Å². The molecule has 2 aromatic carbocycles. The summed E-state index contributed by atoms with van der Waals surface area (Å²) in [6.07, 6.45) is 23.4. The Morgan fingerprint density at radius 3 is 2.03 bits per heavy atom. The zero-order valence-corrected chi connectivity index (χ0v) is 20.3. The van der Waals surface area contributed by atoms with Crippen molar-refractivity contribution in [2.75, 3.05) is 0 Å². The average Bonchev–Trinajstić information content (AvgIpc) is 3.24. The van der Waals surface area contributed by atoms with Crippen molar-refractivity contribution in [2.24, 2.45) is 23.7 Å². The first-order chi connectivity index (χ1) is 16.1. The lowest BCUT2D eigenvalue weighted by atomic mass is 9.48. The maximum absolute atomic E-state index is 2.57.